The number of esters is 1. The maximum absolute atomic E-state index is 13.7. The number of nitrogens with zero attached hydrogens (tertiary/aromatic N) is 1. The smallest absolute Gasteiger partial charge is 0.338 e. The molecule has 1 aliphatic carbocycles. The van der Waals surface area contributed by atoms with Crippen LogP contribution in [-0.2, 0) is 21.3 Å². The van der Waals surface area contributed by atoms with Crippen LogP contribution in [0, 0.1) is 12.8 Å². The van der Waals surface area contributed by atoms with Gasteiger partial charge in [-0.3, -0.25) is 0 Å². The zero-order valence-corrected chi connectivity index (χ0v) is 22.7. The van der Waals surface area contributed by atoms with Gasteiger partial charge in [-0.05, 0) is 72.2 Å². The Morgan fingerprint density at radius 2 is 1.62 bits per heavy atom. The fraction of sp³-hybridized carbons (Fsp3) is 0.387. The molecule has 1 aliphatic rings. The molecule has 5 nitrogen and oxygen atoms in total. The fourth-order valence-corrected chi connectivity index (χ4v) is 6.82. The van der Waals surface area contributed by atoms with Crippen LogP contribution < -0.4 is 0 Å². The van der Waals surface area contributed by atoms with Crippen molar-refractivity contribution < 1.29 is 17.9 Å². The highest BCUT2D eigenvalue weighted by molar-refractivity contribution is 7.89. The lowest BCUT2D eigenvalue weighted by Gasteiger charge is -2.25. The Bertz CT molecular complexity index is 1300. The van der Waals surface area contributed by atoms with E-state index in [1.165, 1.54) is 39.2 Å². The molecule has 0 aromatic heterocycles. The van der Waals surface area contributed by atoms with E-state index in [0.29, 0.717) is 22.9 Å². The van der Waals surface area contributed by atoms with E-state index in [1.54, 1.807) is 34.6 Å². The lowest BCUT2D eigenvalue weighted by molar-refractivity contribution is 0.0601. The number of carbonyl (C=O) groups is 1. The van der Waals surface area contributed by atoms with Crippen LogP contribution >= 0.6 is 0 Å². The number of benzene rings is 3. The minimum Gasteiger partial charge on any atom is -0.465 e. The van der Waals surface area contributed by atoms with Gasteiger partial charge in [-0.15, -0.1) is 0 Å². The van der Waals surface area contributed by atoms with Crippen molar-refractivity contribution >= 4 is 16.0 Å². The number of hydrogen-bond acceptors (Lipinski definition) is 4. The lowest BCUT2D eigenvalue weighted by atomic mass is 9.86. The second kappa shape index (κ2) is 12.5. The highest BCUT2D eigenvalue weighted by Gasteiger charge is 2.26. The molecule has 4 rings (SSSR count). The van der Waals surface area contributed by atoms with Gasteiger partial charge in [0.05, 0.1) is 17.6 Å². The molecule has 0 aliphatic heterocycles. The van der Waals surface area contributed by atoms with E-state index in [0.717, 1.165) is 35.1 Å². The van der Waals surface area contributed by atoms with Crippen molar-refractivity contribution in [2.24, 2.45) is 5.92 Å². The second-order valence-corrected chi connectivity index (χ2v) is 11.9. The van der Waals surface area contributed by atoms with Gasteiger partial charge in [-0.25, -0.2) is 13.2 Å². The van der Waals surface area contributed by atoms with Crippen LogP contribution in [0.4, 0.5) is 0 Å². The molecule has 3 aromatic carbocycles. The molecule has 0 N–H and O–H groups in total. The van der Waals surface area contributed by atoms with Gasteiger partial charge in [-0.1, -0.05) is 80.6 Å². The van der Waals surface area contributed by atoms with E-state index in [4.69, 9.17) is 4.74 Å². The van der Waals surface area contributed by atoms with Crippen LogP contribution in [0.25, 0.3) is 11.1 Å². The van der Waals surface area contributed by atoms with Gasteiger partial charge in [0, 0.05) is 13.1 Å². The van der Waals surface area contributed by atoms with Crippen molar-refractivity contribution in [3.05, 3.63) is 89.5 Å². The quantitative estimate of drug-likeness (QED) is 0.271. The number of sulfonamides is 1. The number of methoxy groups -OCH3 is 1. The van der Waals surface area contributed by atoms with E-state index >= 15 is 0 Å². The normalized spacial score (nSPS) is 14.6. The SMILES string of the molecule is COC(=O)c1ccc(CN(CCCC2CCCCC2)S(=O)(=O)c2ccccc2)cc1-c1ccccc1C. The first-order valence-corrected chi connectivity index (χ1v) is 14.7. The Hall–Kier alpha value is -2.96. The van der Waals surface area contributed by atoms with E-state index in [-0.39, 0.29) is 6.54 Å². The molecule has 0 heterocycles. The Labute approximate surface area is 221 Å². The summed E-state index contributed by atoms with van der Waals surface area (Å²) in [4.78, 5) is 12.9. The summed E-state index contributed by atoms with van der Waals surface area (Å²) >= 11 is 0. The van der Waals surface area contributed by atoms with Crippen LogP contribution in [0.1, 0.15) is 66.4 Å². The molecule has 37 heavy (non-hydrogen) atoms. The van der Waals surface area contributed by atoms with E-state index in [2.05, 4.69) is 0 Å². The van der Waals surface area contributed by atoms with Crippen LogP contribution in [0.15, 0.2) is 77.7 Å². The molecule has 1 fully saturated rings. The number of hydrogen-bond donors (Lipinski definition) is 0. The third-order valence-corrected chi connectivity index (χ3v) is 9.27. The first-order valence-electron chi connectivity index (χ1n) is 13.2. The molecule has 0 radical (unpaired) electrons. The summed E-state index contributed by atoms with van der Waals surface area (Å²) in [5.41, 5.74) is 4.02. The third-order valence-electron chi connectivity index (χ3n) is 7.41. The number of carbonyl (C=O) groups excluding carboxylic acids is 1. The standard InChI is InChI=1S/C31H37NO4S/c1-24-12-9-10-18-28(24)30-22-26(19-20-29(30)31(33)36-2)23-32(21-11-15-25-13-5-3-6-14-25)37(34,35)27-16-7-4-8-17-27/h4,7-10,12,16-20,22,25H,3,5-6,11,13-15,21,23H2,1-2H3. The molecule has 0 amide bonds. The van der Waals surface area contributed by atoms with Crippen molar-refractivity contribution in [2.45, 2.75) is 63.3 Å². The second-order valence-electron chi connectivity index (χ2n) is 9.98. The fourth-order valence-electron chi connectivity index (χ4n) is 5.34. The van der Waals surface area contributed by atoms with Crippen LogP contribution in [0.5, 0.6) is 0 Å². The molecule has 1 saturated carbocycles. The van der Waals surface area contributed by atoms with Crippen molar-refractivity contribution in [2.75, 3.05) is 13.7 Å². The van der Waals surface area contributed by atoms with Crippen molar-refractivity contribution in [3.8, 4) is 11.1 Å². The minimum atomic E-state index is -3.68. The molecule has 0 saturated heterocycles. The Morgan fingerprint density at radius 1 is 0.919 bits per heavy atom. The highest BCUT2D eigenvalue weighted by Crippen LogP contribution is 2.31. The third kappa shape index (κ3) is 6.68. The summed E-state index contributed by atoms with van der Waals surface area (Å²) in [6, 6.07) is 22.0. The lowest BCUT2D eigenvalue weighted by Crippen LogP contribution is -2.32. The first-order chi connectivity index (χ1) is 17.9. The van der Waals surface area contributed by atoms with E-state index in [9.17, 15) is 13.2 Å². The molecule has 196 valence electrons. The van der Waals surface area contributed by atoms with Crippen LogP contribution in [-0.4, -0.2) is 32.3 Å². The largest absolute Gasteiger partial charge is 0.465 e. The molecular weight excluding hydrogens is 482 g/mol. The summed E-state index contributed by atoms with van der Waals surface area (Å²) < 4.78 is 34.0. The maximum Gasteiger partial charge on any atom is 0.338 e. The molecule has 0 atom stereocenters. The zero-order valence-electron chi connectivity index (χ0n) is 21.9. The van der Waals surface area contributed by atoms with Crippen LogP contribution in [0.2, 0.25) is 0 Å². The molecule has 0 bridgehead atoms. The van der Waals surface area contributed by atoms with Crippen molar-refractivity contribution in [1.82, 2.24) is 4.31 Å². The highest BCUT2D eigenvalue weighted by atomic mass is 32.2. The van der Waals surface area contributed by atoms with Gasteiger partial charge in [0.15, 0.2) is 0 Å². The Morgan fingerprint density at radius 3 is 2.32 bits per heavy atom. The summed E-state index contributed by atoms with van der Waals surface area (Å²) in [6.45, 7) is 2.70. The summed E-state index contributed by atoms with van der Waals surface area (Å²) in [6.07, 6.45) is 8.27. The number of rotatable bonds is 10. The van der Waals surface area contributed by atoms with Gasteiger partial charge in [0.25, 0.3) is 0 Å². The average molecular weight is 520 g/mol. The average Bonchev–Trinajstić information content (AvgIpc) is 2.93. The predicted molar refractivity (Wildman–Crippen MR) is 148 cm³/mol. The number of aryl methyl sites for hydroxylation is 1. The zero-order chi connectivity index (χ0) is 26.3. The van der Waals surface area contributed by atoms with Gasteiger partial charge in [-0.2, -0.15) is 4.31 Å². The summed E-state index contributed by atoms with van der Waals surface area (Å²) in [7, 11) is -2.30. The monoisotopic (exact) mass is 519 g/mol. The first kappa shape index (κ1) is 27.1. The molecule has 0 unspecified atom stereocenters. The maximum atomic E-state index is 13.7. The Kier molecular flexibility index (Phi) is 9.17. The number of ether oxygens (including phenoxy) is 1. The molecular formula is C31H37NO4S. The van der Waals surface area contributed by atoms with Gasteiger partial charge in [0.2, 0.25) is 10.0 Å². The van der Waals surface area contributed by atoms with Crippen molar-refractivity contribution in [1.29, 1.82) is 0 Å². The summed E-state index contributed by atoms with van der Waals surface area (Å²) in [5, 5.41) is 0. The van der Waals surface area contributed by atoms with Gasteiger partial charge >= 0.3 is 5.97 Å². The van der Waals surface area contributed by atoms with Gasteiger partial charge < -0.3 is 4.74 Å². The topological polar surface area (TPSA) is 63.7 Å². The molecule has 6 heteroatoms. The minimum absolute atomic E-state index is 0.238. The van der Waals surface area contributed by atoms with E-state index in [1.807, 2.05) is 49.4 Å². The molecule has 0 spiro atoms. The van der Waals surface area contributed by atoms with Gasteiger partial charge in [0.1, 0.15) is 0 Å². The van der Waals surface area contributed by atoms with Crippen molar-refractivity contribution in [3.63, 3.8) is 0 Å². The molecule has 3 aromatic rings. The predicted octanol–water partition coefficient (Wildman–Crippen LogP) is 7.00. The van der Waals surface area contributed by atoms with E-state index < -0.39 is 16.0 Å². The summed E-state index contributed by atoms with van der Waals surface area (Å²) in [5.74, 6) is 0.285. The van der Waals surface area contributed by atoms with Crippen LogP contribution in [0.3, 0.4) is 0 Å². The Balaban J connectivity index is 1.65.